The first-order chi connectivity index (χ1) is 5.70. The van der Waals surface area contributed by atoms with Crippen LogP contribution in [0.1, 0.15) is 19.3 Å². The molecular weight excluding hydrogens is 152 g/mol. The topological polar surface area (TPSA) is 32.3 Å². The molecule has 1 saturated carbocycles. The number of carbonyl (C=O) groups is 1. The van der Waals surface area contributed by atoms with E-state index in [0.29, 0.717) is 5.92 Å². The van der Waals surface area contributed by atoms with Crippen molar-refractivity contribution < 1.29 is 4.79 Å². The van der Waals surface area contributed by atoms with Crippen LogP contribution < -0.4 is 5.32 Å². The summed E-state index contributed by atoms with van der Waals surface area (Å²) in [6.07, 6.45) is 3.41. The lowest BCUT2D eigenvalue weighted by molar-refractivity contribution is -0.127. The van der Waals surface area contributed by atoms with Crippen molar-refractivity contribution in [3.8, 4) is 0 Å². The van der Waals surface area contributed by atoms with E-state index >= 15 is 0 Å². The molecule has 1 aliphatic rings. The molecule has 1 aliphatic carbocycles. The van der Waals surface area contributed by atoms with Gasteiger partial charge in [0.2, 0.25) is 5.91 Å². The fourth-order valence-corrected chi connectivity index (χ4v) is 1.22. The highest BCUT2D eigenvalue weighted by atomic mass is 16.1. The Morgan fingerprint density at radius 1 is 1.50 bits per heavy atom. The maximum absolute atomic E-state index is 11.3. The van der Waals surface area contributed by atoms with Crippen molar-refractivity contribution in [1.82, 2.24) is 10.2 Å². The van der Waals surface area contributed by atoms with Gasteiger partial charge in [-0.05, 0) is 26.9 Å². The molecule has 0 unspecified atom stereocenters. The number of rotatable bonds is 4. The fraction of sp³-hybridized carbons (Fsp3) is 0.889. The van der Waals surface area contributed by atoms with E-state index in [4.69, 9.17) is 0 Å². The molecule has 1 rings (SSSR count). The summed E-state index contributed by atoms with van der Waals surface area (Å²) in [4.78, 5) is 13.3. The van der Waals surface area contributed by atoms with E-state index in [9.17, 15) is 4.79 Å². The van der Waals surface area contributed by atoms with Crippen molar-refractivity contribution in [2.75, 3.05) is 27.2 Å². The van der Waals surface area contributed by atoms with Crippen molar-refractivity contribution in [3.63, 3.8) is 0 Å². The highest BCUT2D eigenvalue weighted by Crippen LogP contribution is 2.25. The lowest BCUT2D eigenvalue weighted by atomic mass is 9.85. The van der Waals surface area contributed by atoms with E-state index < -0.39 is 0 Å². The number of amides is 1. The maximum Gasteiger partial charge on any atom is 0.223 e. The second-order valence-corrected chi connectivity index (χ2v) is 3.72. The molecule has 0 aromatic rings. The molecule has 0 radical (unpaired) electrons. The molecule has 1 amide bonds. The largest absolute Gasteiger partial charge is 0.355 e. The molecule has 1 fully saturated rings. The Labute approximate surface area is 74.1 Å². The Balaban J connectivity index is 2.02. The van der Waals surface area contributed by atoms with Gasteiger partial charge in [0.05, 0.1) is 0 Å². The number of nitrogens with one attached hydrogen (secondary N) is 1. The third-order valence-electron chi connectivity index (χ3n) is 2.33. The molecule has 0 bridgehead atoms. The number of likely N-dealkylation sites (N-methyl/N-ethyl adjacent to an activating group) is 1. The van der Waals surface area contributed by atoms with Crippen molar-refractivity contribution in [2.45, 2.75) is 19.3 Å². The first-order valence-corrected chi connectivity index (χ1v) is 4.62. The standard InChI is InChI=1S/C9H18N2O/c1-11(2)7-6-10-9(12)8-4-3-5-8/h8H,3-7H2,1-2H3,(H,10,12). The second-order valence-electron chi connectivity index (χ2n) is 3.72. The van der Waals surface area contributed by atoms with Gasteiger partial charge in [-0.2, -0.15) is 0 Å². The first-order valence-electron chi connectivity index (χ1n) is 4.62. The highest BCUT2D eigenvalue weighted by molar-refractivity contribution is 5.79. The molecule has 0 spiro atoms. The highest BCUT2D eigenvalue weighted by Gasteiger charge is 2.24. The predicted octanol–water partition coefficient (Wildman–Crippen LogP) is 0.464. The lowest BCUT2D eigenvalue weighted by Crippen LogP contribution is -2.37. The number of hydrogen-bond acceptors (Lipinski definition) is 2. The van der Waals surface area contributed by atoms with E-state index in [0.717, 1.165) is 25.9 Å². The van der Waals surface area contributed by atoms with Gasteiger partial charge in [-0.1, -0.05) is 6.42 Å². The number of nitrogens with zero attached hydrogens (tertiary/aromatic N) is 1. The van der Waals surface area contributed by atoms with Gasteiger partial charge in [-0.25, -0.2) is 0 Å². The van der Waals surface area contributed by atoms with Gasteiger partial charge in [-0.3, -0.25) is 4.79 Å². The Morgan fingerprint density at radius 2 is 2.17 bits per heavy atom. The van der Waals surface area contributed by atoms with Crippen molar-refractivity contribution in [1.29, 1.82) is 0 Å². The number of carbonyl (C=O) groups excluding carboxylic acids is 1. The molecule has 0 heterocycles. The quantitative estimate of drug-likeness (QED) is 0.665. The second kappa shape index (κ2) is 4.45. The van der Waals surface area contributed by atoms with E-state index in [1.54, 1.807) is 0 Å². The van der Waals surface area contributed by atoms with Crippen molar-refractivity contribution in [2.24, 2.45) is 5.92 Å². The molecule has 0 atom stereocenters. The Hall–Kier alpha value is -0.570. The first kappa shape index (κ1) is 9.52. The summed E-state index contributed by atoms with van der Waals surface area (Å²) in [7, 11) is 4.02. The minimum atomic E-state index is 0.253. The molecule has 1 N–H and O–H groups in total. The average Bonchev–Trinajstić information content (AvgIpc) is 1.81. The molecule has 3 nitrogen and oxygen atoms in total. The summed E-state index contributed by atoms with van der Waals surface area (Å²) in [6.45, 7) is 1.71. The Kier molecular flexibility index (Phi) is 3.53. The number of hydrogen-bond donors (Lipinski definition) is 1. The third kappa shape index (κ3) is 2.81. The van der Waals surface area contributed by atoms with Crippen LogP contribution in [0.4, 0.5) is 0 Å². The molecule has 0 saturated heterocycles. The molecule has 70 valence electrons. The SMILES string of the molecule is CN(C)CCNC(=O)C1CCC1. The Bertz CT molecular complexity index is 153. The van der Waals surface area contributed by atoms with Gasteiger partial charge in [0.15, 0.2) is 0 Å². The molecule has 12 heavy (non-hydrogen) atoms. The molecule has 0 aromatic carbocycles. The van der Waals surface area contributed by atoms with Gasteiger partial charge in [0, 0.05) is 19.0 Å². The van der Waals surface area contributed by atoms with Gasteiger partial charge in [-0.15, -0.1) is 0 Å². The normalized spacial score (nSPS) is 17.6. The van der Waals surface area contributed by atoms with Gasteiger partial charge >= 0.3 is 0 Å². The minimum absolute atomic E-state index is 0.253. The van der Waals surface area contributed by atoms with Gasteiger partial charge in [0.1, 0.15) is 0 Å². The van der Waals surface area contributed by atoms with E-state index in [1.807, 2.05) is 14.1 Å². The van der Waals surface area contributed by atoms with Crippen LogP contribution in [0.25, 0.3) is 0 Å². The monoisotopic (exact) mass is 170 g/mol. The summed E-state index contributed by atoms with van der Waals surface area (Å²) in [5, 5.41) is 2.94. The van der Waals surface area contributed by atoms with Gasteiger partial charge < -0.3 is 10.2 Å². The molecular formula is C9H18N2O. The Morgan fingerprint density at radius 3 is 2.58 bits per heavy atom. The smallest absolute Gasteiger partial charge is 0.223 e. The average molecular weight is 170 g/mol. The van der Waals surface area contributed by atoms with E-state index in [2.05, 4.69) is 10.2 Å². The van der Waals surface area contributed by atoms with Crippen molar-refractivity contribution >= 4 is 5.91 Å². The van der Waals surface area contributed by atoms with Crippen molar-refractivity contribution in [3.05, 3.63) is 0 Å². The summed E-state index contributed by atoms with van der Waals surface area (Å²) in [5.74, 6) is 0.579. The summed E-state index contributed by atoms with van der Waals surface area (Å²) in [5.41, 5.74) is 0. The van der Waals surface area contributed by atoms with Crippen LogP contribution in [0.15, 0.2) is 0 Å². The summed E-state index contributed by atoms with van der Waals surface area (Å²) in [6, 6.07) is 0. The molecule has 3 heteroatoms. The third-order valence-corrected chi connectivity index (χ3v) is 2.33. The van der Waals surface area contributed by atoms with Crippen LogP contribution in [0.5, 0.6) is 0 Å². The minimum Gasteiger partial charge on any atom is -0.355 e. The zero-order valence-corrected chi connectivity index (χ0v) is 7.97. The zero-order chi connectivity index (χ0) is 8.97. The van der Waals surface area contributed by atoms with Crippen LogP contribution in [-0.2, 0) is 4.79 Å². The lowest BCUT2D eigenvalue weighted by Gasteiger charge is -2.24. The van der Waals surface area contributed by atoms with Crippen LogP contribution in [0, 0.1) is 5.92 Å². The summed E-state index contributed by atoms with van der Waals surface area (Å²) >= 11 is 0. The van der Waals surface area contributed by atoms with E-state index in [1.165, 1.54) is 6.42 Å². The predicted molar refractivity (Wildman–Crippen MR) is 48.9 cm³/mol. The zero-order valence-electron chi connectivity index (χ0n) is 7.97. The fourth-order valence-electron chi connectivity index (χ4n) is 1.22. The van der Waals surface area contributed by atoms with Crippen LogP contribution >= 0.6 is 0 Å². The van der Waals surface area contributed by atoms with E-state index in [-0.39, 0.29) is 5.91 Å². The van der Waals surface area contributed by atoms with Crippen LogP contribution in [0.3, 0.4) is 0 Å². The van der Waals surface area contributed by atoms with Crippen LogP contribution in [-0.4, -0.2) is 38.0 Å². The summed E-state index contributed by atoms with van der Waals surface area (Å²) < 4.78 is 0. The van der Waals surface area contributed by atoms with Gasteiger partial charge in [0.25, 0.3) is 0 Å². The molecule has 0 aromatic heterocycles. The molecule has 0 aliphatic heterocycles. The maximum atomic E-state index is 11.3. The van der Waals surface area contributed by atoms with Crippen LogP contribution in [0.2, 0.25) is 0 Å².